The van der Waals surface area contributed by atoms with Crippen LogP contribution in [0, 0.1) is 11.7 Å². The van der Waals surface area contributed by atoms with Crippen molar-refractivity contribution in [3.8, 4) is 0 Å². The van der Waals surface area contributed by atoms with Gasteiger partial charge in [0, 0.05) is 31.3 Å². The monoisotopic (exact) mass is 366 g/mol. The number of amides is 1. The molecule has 2 aliphatic rings. The lowest BCUT2D eigenvalue weighted by atomic mass is 9.68. The Morgan fingerprint density at radius 1 is 1.38 bits per heavy atom. The average Bonchev–Trinajstić information content (AvgIpc) is 2.62. The van der Waals surface area contributed by atoms with Crippen LogP contribution in [0.3, 0.4) is 0 Å². The summed E-state index contributed by atoms with van der Waals surface area (Å²) in [4.78, 5) is 12.7. The van der Waals surface area contributed by atoms with E-state index in [1.807, 2.05) is 6.92 Å². The van der Waals surface area contributed by atoms with Crippen LogP contribution in [0.15, 0.2) is 24.3 Å². The topological polar surface area (TPSA) is 82.0 Å². The highest BCUT2D eigenvalue weighted by Crippen LogP contribution is 2.42. The first-order valence-corrected chi connectivity index (χ1v) is 9.28. The molecule has 1 amide bonds. The predicted octanol–water partition coefficient (Wildman–Crippen LogP) is 2.93. The van der Waals surface area contributed by atoms with Gasteiger partial charge < -0.3 is 25.2 Å². The van der Waals surface area contributed by atoms with E-state index >= 15 is 0 Å². The average molecular weight is 366 g/mol. The Morgan fingerprint density at radius 2 is 2.12 bits per heavy atom. The molecule has 26 heavy (non-hydrogen) atoms. The normalized spacial score (nSPS) is 31.1. The Bertz CT molecular complexity index is 626. The number of rotatable bonds is 5. The second-order valence-electron chi connectivity index (χ2n) is 7.25. The van der Waals surface area contributed by atoms with Gasteiger partial charge in [0.2, 0.25) is 0 Å². The molecule has 0 unspecified atom stereocenters. The molecule has 0 radical (unpaired) electrons. The van der Waals surface area contributed by atoms with Crippen molar-refractivity contribution in [2.45, 2.75) is 50.4 Å². The summed E-state index contributed by atoms with van der Waals surface area (Å²) in [6.07, 6.45) is 1.48. The van der Waals surface area contributed by atoms with Crippen LogP contribution < -0.4 is 5.32 Å². The van der Waals surface area contributed by atoms with E-state index in [-0.39, 0.29) is 17.8 Å². The zero-order valence-corrected chi connectivity index (χ0v) is 15.0. The van der Waals surface area contributed by atoms with E-state index in [0.717, 1.165) is 18.5 Å². The molecule has 3 rings (SSSR count). The molecule has 0 bridgehead atoms. The number of carboxylic acid groups (broad SMARTS) is 1. The number of ether oxygens (including phenoxy) is 1. The van der Waals surface area contributed by atoms with Gasteiger partial charge >= 0.3 is 6.09 Å². The van der Waals surface area contributed by atoms with Crippen molar-refractivity contribution < 1.29 is 24.1 Å². The van der Waals surface area contributed by atoms with E-state index in [2.05, 4.69) is 5.32 Å². The third-order valence-corrected chi connectivity index (χ3v) is 5.66. The molecule has 2 fully saturated rings. The first-order chi connectivity index (χ1) is 12.4. The first kappa shape index (κ1) is 18.9. The summed E-state index contributed by atoms with van der Waals surface area (Å²) in [5.74, 6) is -0.340. The van der Waals surface area contributed by atoms with E-state index in [0.29, 0.717) is 32.5 Å². The van der Waals surface area contributed by atoms with Gasteiger partial charge in [-0.15, -0.1) is 0 Å². The van der Waals surface area contributed by atoms with Crippen LogP contribution in [-0.2, 0) is 4.74 Å². The second kappa shape index (κ2) is 7.80. The van der Waals surface area contributed by atoms with Gasteiger partial charge in [-0.2, -0.15) is 0 Å². The van der Waals surface area contributed by atoms with Crippen LogP contribution in [0.1, 0.15) is 32.6 Å². The lowest BCUT2D eigenvalue weighted by molar-refractivity contribution is -0.192. The number of benzene rings is 1. The summed E-state index contributed by atoms with van der Waals surface area (Å²) < 4.78 is 19.1. The summed E-state index contributed by atoms with van der Waals surface area (Å²) in [6, 6.07) is 5.88. The van der Waals surface area contributed by atoms with Crippen molar-refractivity contribution in [3.05, 3.63) is 30.1 Å². The lowest BCUT2D eigenvalue weighted by Gasteiger charge is -2.52. The molecule has 1 aliphatic heterocycles. The van der Waals surface area contributed by atoms with Crippen LogP contribution in [0.25, 0.3) is 0 Å². The molecule has 1 aromatic rings. The van der Waals surface area contributed by atoms with Crippen LogP contribution >= 0.6 is 0 Å². The fourth-order valence-corrected chi connectivity index (χ4v) is 4.31. The fourth-order valence-electron chi connectivity index (χ4n) is 4.31. The molecule has 6 nitrogen and oxygen atoms in total. The standard InChI is InChI=1S/C19H27FN2O4/c1-2-22(18(23)24)12-13-4-9-16(19(25)10-3-11-26-17(13)19)21-15-7-5-14(20)6-8-15/h5-8,13,16-17,21,25H,2-4,9-12H2,1H3,(H,23,24)/t13-,16-,17+,19+/m0/s1. The minimum absolute atomic E-state index is 0.0392. The molecule has 0 aromatic heterocycles. The highest BCUT2D eigenvalue weighted by molar-refractivity contribution is 5.64. The van der Waals surface area contributed by atoms with E-state index < -0.39 is 17.8 Å². The number of halogens is 1. The summed E-state index contributed by atoms with van der Waals surface area (Å²) in [6.45, 7) is 3.16. The van der Waals surface area contributed by atoms with Crippen molar-refractivity contribution in [2.24, 2.45) is 5.92 Å². The van der Waals surface area contributed by atoms with Crippen molar-refractivity contribution in [1.82, 2.24) is 4.90 Å². The first-order valence-electron chi connectivity index (χ1n) is 9.28. The van der Waals surface area contributed by atoms with Crippen molar-refractivity contribution in [1.29, 1.82) is 0 Å². The van der Waals surface area contributed by atoms with Crippen LogP contribution in [-0.4, -0.2) is 58.6 Å². The van der Waals surface area contributed by atoms with Crippen molar-refractivity contribution in [3.63, 3.8) is 0 Å². The maximum Gasteiger partial charge on any atom is 0.407 e. The molecule has 1 aromatic carbocycles. The van der Waals surface area contributed by atoms with E-state index in [9.17, 15) is 19.4 Å². The number of anilines is 1. The number of nitrogens with zero attached hydrogens (tertiary/aromatic N) is 1. The Kier molecular flexibility index (Phi) is 5.67. The summed E-state index contributed by atoms with van der Waals surface area (Å²) in [5.41, 5.74) is -0.304. The largest absolute Gasteiger partial charge is 0.465 e. The van der Waals surface area contributed by atoms with Gasteiger partial charge in [0.25, 0.3) is 0 Å². The van der Waals surface area contributed by atoms with Crippen LogP contribution in [0.4, 0.5) is 14.9 Å². The van der Waals surface area contributed by atoms with Gasteiger partial charge in [-0.1, -0.05) is 0 Å². The number of carbonyl (C=O) groups is 1. The van der Waals surface area contributed by atoms with Crippen molar-refractivity contribution >= 4 is 11.8 Å². The maximum absolute atomic E-state index is 13.1. The molecule has 3 N–H and O–H groups in total. The molecular formula is C19H27FN2O4. The Hall–Kier alpha value is -1.86. The predicted molar refractivity (Wildman–Crippen MR) is 95.7 cm³/mol. The van der Waals surface area contributed by atoms with E-state index in [1.54, 1.807) is 12.1 Å². The highest BCUT2D eigenvalue weighted by atomic mass is 19.1. The van der Waals surface area contributed by atoms with Gasteiger partial charge in [0.1, 0.15) is 11.4 Å². The second-order valence-corrected chi connectivity index (χ2v) is 7.25. The van der Waals surface area contributed by atoms with Gasteiger partial charge in [-0.3, -0.25) is 0 Å². The minimum Gasteiger partial charge on any atom is -0.465 e. The smallest absolute Gasteiger partial charge is 0.407 e. The molecule has 1 aliphatic carbocycles. The molecule has 1 saturated heterocycles. The molecular weight excluding hydrogens is 339 g/mol. The van der Waals surface area contributed by atoms with Gasteiger partial charge in [0.05, 0.1) is 12.1 Å². The summed E-state index contributed by atoms with van der Waals surface area (Å²) in [7, 11) is 0. The molecule has 4 atom stereocenters. The Balaban J connectivity index is 1.76. The number of fused-ring (bicyclic) bond motifs is 1. The highest BCUT2D eigenvalue weighted by Gasteiger charge is 2.53. The fraction of sp³-hybridized carbons (Fsp3) is 0.632. The summed E-state index contributed by atoms with van der Waals surface area (Å²) >= 11 is 0. The van der Waals surface area contributed by atoms with E-state index in [1.165, 1.54) is 17.0 Å². The maximum atomic E-state index is 13.1. The van der Waals surface area contributed by atoms with Crippen molar-refractivity contribution in [2.75, 3.05) is 25.0 Å². The zero-order valence-electron chi connectivity index (χ0n) is 15.0. The number of nitrogens with one attached hydrogen (secondary N) is 1. The van der Waals surface area contributed by atoms with E-state index in [4.69, 9.17) is 4.74 Å². The Morgan fingerprint density at radius 3 is 2.77 bits per heavy atom. The lowest BCUT2D eigenvalue weighted by Crippen LogP contribution is -2.64. The molecule has 7 heteroatoms. The van der Waals surface area contributed by atoms with Gasteiger partial charge in [-0.05, 0) is 56.9 Å². The SMILES string of the molecule is CCN(C[C@@H]1CC[C@H](Nc2ccc(F)cc2)[C@]2(O)CCCO[C@H]12)C(=O)O. The zero-order chi connectivity index (χ0) is 18.7. The number of hydrogen-bond donors (Lipinski definition) is 3. The molecule has 1 saturated carbocycles. The molecule has 1 heterocycles. The third-order valence-electron chi connectivity index (χ3n) is 5.66. The Labute approximate surface area is 153 Å². The third kappa shape index (κ3) is 3.78. The molecule has 144 valence electrons. The van der Waals surface area contributed by atoms with Gasteiger partial charge in [-0.25, -0.2) is 9.18 Å². The molecule has 0 spiro atoms. The van der Waals surface area contributed by atoms with Crippen LogP contribution in [0.2, 0.25) is 0 Å². The van der Waals surface area contributed by atoms with Crippen LogP contribution in [0.5, 0.6) is 0 Å². The van der Waals surface area contributed by atoms with Gasteiger partial charge in [0.15, 0.2) is 0 Å². The number of hydrogen-bond acceptors (Lipinski definition) is 4. The quantitative estimate of drug-likeness (QED) is 0.746. The minimum atomic E-state index is -1.06. The number of aliphatic hydroxyl groups is 1. The summed E-state index contributed by atoms with van der Waals surface area (Å²) in [5, 5.41) is 24.1.